The highest BCUT2D eigenvalue weighted by molar-refractivity contribution is 5.88. The first-order chi connectivity index (χ1) is 15.4. The smallest absolute Gasteiger partial charge is 0.194 e. The molecule has 0 aliphatic rings. The molecule has 0 spiro atoms. The van der Waals surface area contributed by atoms with Crippen molar-refractivity contribution in [1.29, 1.82) is 0 Å². The quantitative estimate of drug-likeness (QED) is 0.224. The van der Waals surface area contributed by atoms with E-state index in [1.54, 1.807) is 42.5 Å². The molecule has 4 rings (SSSR count). The Kier molecular flexibility index (Phi) is 6.12. The molecule has 32 heavy (non-hydrogen) atoms. The van der Waals surface area contributed by atoms with E-state index in [-0.39, 0.29) is 18.4 Å². The average Bonchev–Trinajstić information content (AvgIpc) is 2.77. The van der Waals surface area contributed by atoms with E-state index in [1.807, 2.05) is 6.92 Å². The Balaban J connectivity index is 1.60. The van der Waals surface area contributed by atoms with Gasteiger partial charge in [-0.1, -0.05) is 24.3 Å². The molecule has 6 heteroatoms. The van der Waals surface area contributed by atoms with Crippen molar-refractivity contribution in [2.75, 3.05) is 6.61 Å². The number of fused-ring (bicyclic) bond motifs is 1. The van der Waals surface area contributed by atoms with E-state index in [0.717, 1.165) is 12.1 Å². The van der Waals surface area contributed by atoms with Crippen LogP contribution in [-0.4, -0.2) is 6.61 Å². The zero-order valence-corrected chi connectivity index (χ0v) is 17.2. The molecule has 0 fully saturated rings. The molecule has 0 aromatic heterocycles. The van der Waals surface area contributed by atoms with E-state index in [0.29, 0.717) is 39.8 Å². The van der Waals surface area contributed by atoms with Gasteiger partial charge in [-0.15, -0.1) is 0 Å². The van der Waals surface area contributed by atoms with Gasteiger partial charge in [0.15, 0.2) is 17.5 Å². The molecule has 0 atom stereocenters. The molecule has 0 saturated carbocycles. The Bertz CT molecular complexity index is 1280. The van der Waals surface area contributed by atoms with Crippen LogP contribution in [0.2, 0.25) is 0 Å². The van der Waals surface area contributed by atoms with Crippen LogP contribution in [-0.2, 0) is 12.8 Å². The van der Waals surface area contributed by atoms with Crippen LogP contribution in [0, 0.1) is 29.1 Å². The molecular weight excluding hydrogens is 423 g/mol. The van der Waals surface area contributed by atoms with Crippen molar-refractivity contribution in [2.24, 2.45) is 0 Å². The zero-order chi connectivity index (χ0) is 22.8. The third-order valence-corrected chi connectivity index (χ3v) is 5.32. The first-order valence-electron chi connectivity index (χ1n) is 10.1. The standard InChI is InChI=1S/C26H19F5O/c1-2-32-19-8-10-20(22(27)14-19)17-7-9-21-18(13-17)6-5-16(25(21)30)4-3-15-11-23(28)26(31)24(29)12-15/h5-14H,2-4H2,1H3. The first kappa shape index (κ1) is 21.8. The Labute approximate surface area is 182 Å². The van der Waals surface area contributed by atoms with Crippen molar-refractivity contribution in [3.8, 4) is 16.9 Å². The Morgan fingerprint density at radius 1 is 0.688 bits per heavy atom. The summed E-state index contributed by atoms with van der Waals surface area (Å²) in [6.07, 6.45) is 0.327. The van der Waals surface area contributed by atoms with E-state index in [4.69, 9.17) is 4.74 Å². The van der Waals surface area contributed by atoms with Crippen LogP contribution in [0.5, 0.6) is 5.75 Å². The summed E-state index contributed by atoms with van der Waals surface area (Å²) in [6.45, 7) is 2.25. The fraction of sp³-hybridized carbons (Fsp3) is 0.154. The average molecular weight is 442 g/mol. The second-order valence-electron chi connectivity index (χ2n) is 7.42. The Morgan fingerprint density at radius 2 is 1.44 bits per heavy atom. The lowest BCUT2D eigenvalue weighted by Crippen LogP contribution is -1.99. The molecule has 0 heterocycles. The zero-order valence-electron chi connectivity index (χ0n) is 17.2. The summed E-state index contributed by atoms with van der Waals surface area (Å²) >= 11 is 0. The molecule has 1 nitrogen and oxygen atoms in total. The molecule has 4 aromatic carbocycles. The maximum atomic E-state index is 15.0. The van der Waals surface area contributed by atoms with E-state index in [1.165, 1.54) is 6.07 Å². The molecular formula is C26H19F5O. The highest BCUT2D eigenvalue weighted by Crippen LogP contribution is 2.31. The fourth-order valence-electron chi connectivity index (χ4n) is 3.72. The predicted molar refractivity (Wildman–Crippen MR) is 114 cm³/mol. The van der Waals surface area contributed by atoms with Gasteiger partial charge in [-0.25, -0.2) is 22.0 Å². The SMILES string of the molecule is CCOc1ccc(-c2ccc3c(F)c(CCc4cc(F)c(F)c(F)c4)ccc3c2)c(F)c1. The van der Waals surface area contributed by atoms with Gasteiger partial charge in [0.1, 0.15) is 17.4 Å². The minimum Gasteiger partial charge on any atom is -0.494 e. The van der Waals surface area contributed by atoms with Gasteiger partial charge in [0.2, 0.25) is 0 Å². The van der Waals surface area contributed by atoms with Crippen molar-refractivity contribution in [3.05, 3.63) is 101 Å². The van der Waals surface area contributed by atoms with Gasteiger partial charge in [-0.2, -0.15) is 0 Å². The van der Waals surface area contributed by atoms with Crippen molar-refractivity contribution < 1.29 is 26.7 Å². The van der Waals surface area contributed by atoms with E-state index in [9.17, 15) is 17.6 Å². The topological polar surface area (TPSA) is 9.23 Å². The van der Waals surface area contributed by atoms with E-state index < -0.39 is 29.1 Å². The molecule has 4 aromatic rings. The van der Waals surface area contributed by atoms with Crippen molar-refractivity contribution in [1.82, 2.24) is 0 Å². The lowest BCUT2D eigenvalue weighted by molar-refractivity contribution is 0.338. The molecule has 164 valence electrons. The van der Waals surface area contributed by atoms with Crippen LogP contribution in [0.25, 0.3) is 21.9 Å². The summed E-state index contributed by atoms with van der Waals surface area (Å²) in [4.78, 5) is 0. The molecule has 0 aliphatic carbocycles. The molecule has 0 bridgehead atoms. The van der Waals surface area contributed by atoms with Gasteiger partial charge >= 0.3 is 0 Å². The lowest BCUT2D eigenvalue weighted by Gasteiger charge is -2.11. The summed E-state index contributed by atoms with van der Waals surface area (Å²) in [6, 6.07) is 14.7. The number of benzene rings is 4. The summed E-state index contributed by atoms with van der Waals surface area (Å²) in [5.74, 6) is -4.52. The van der Waals surface area contributed by atoms with Gasteiger partial charge in [-0.3, -0.25) is 0 Å². The maximum Gasteiger partial charge on any atom is 0.194 e. The van der Waals surface area contributed by atoms with Crippen LogP contribution in [0.15, 0.2) is 60.7 Å². The minimum absolute atomic E-state index is 0.145. The van der Waals surface area contributed by atoms with Crippen molar-refractivity contribution in [3.63, 3.8) is 0 Å². The summed E-state index contributed by atoms with van der Waals surface area (Å²) < 4.78 is 74.8. The van der Waals surface area contributed by atoms with Crippen LogP contribution in [0.3, 0.4) is 0 Å². The number of hydrogen-bond donors (Lipinski definition) is 0. The van der Waals surface area contributed by atoms with Gasteiger partial charge in [0.25, 0.3) is 0 Å². The molecule has 0 unspecified atom stereocenters. The highest BCUT2D eigenvalue weighted by Gasteiger charge is 2.14. The number of halogens is 5. The summed E-state index contributed by atoms with van der Waals surface area (Å²) in [5, 5.41) is 0.949. The maximum absolute atomic E-state index is 15.0. The second-order valence-corrected chi connectivity index (χ2v) is 7.42. The van der Waals surface area contributed by atoms with Crippen molar-refractivity contribution in [2.45, 2.75) is 19.8 Å². The monoisotopic (exact) mass is 442 g/mol. The van der Waals surface area contributed by atoms with Crippen LogP contribution in [0.4, 0.5) is 22.0 Å². The summed E-state index contributed by atoms with van der Waals surface area (Å²) in [7, 11) is 0. The van der Waals surface area contributed by atoms with Crippen molar-refractivity contribution >= 4 is 10.8 Å². The number of aryl methyl sites for hydroxylation is 2. The molecule has 0 aliphatic heterocycles. The largest absolute Gasteiger partial charge is 0.494 e. The van der Waals surface area contributed by atoms with Gasteiger partial charge in [-0.05, 0) is 72.2 Å². The number of hydrogen-bond acceptors (Lipinski definition) is 1. The summed E-state index contributed by atoms with van der Waals surface area (Å²) in [5.41, 5.74) is 1.58. The minimum atomic E-state index is -1.52. The highest BCUT2D eigenvalue weighted by atomic mass is 19.2. The number of rotatable bonds is 6. The van der Waals surface area contributed by atoms with Crippen LogP contribution in [0.1, 0.15) is 18.1 Å². The van der Waals surface area contributed by atoms with Crippen LogP contribution >= 0.6 is 0 Å². The Morgan fingerprint density at radius 3 is 2.12 bits per heavy atom. The molecule has 0 saturated heterocycles. The first-order valence-corrected chi connectivity index (χ1v) is 10.1. The van der Waals surface area contributed by atoms with E-state index in [2.05, 4.69) is 0 Å². The van der Waals surface area contributed by atoms with E-state index >= 15 is 4.39 Å². The molecule has 0 radical (unpaired) electrons. The van der Waals surface area contributed by atoms with Gasteiger partial charge < -0.3 is 4.74 Å². The van der Waals surface area contributed by atoms with Gasteiger partial charge in [0.05, 0.1) is 6.61 Å². The van der Waals surface area contributed by atoms with Gasteiger partial charge in [0, 0.05) is 17.0 Å². The molecule has 0 N–H and O–H groups in total. The third-order valence-electron chi connectivity index (χ3n) is 5.32. The number of ether oxygens (including phenoxy) is 1. The predicted octanol–water partition coefficient (Wildman–Crippen LogP) is 7.39. The third kappa shape index (κ3) is 4.31. The molecule has 0 amide bonds. The normalized spacial score (nSPS) is 11.2. The lowest BCUT2D eigenvalue weighted by atomic mass is 9.97. The fourth-order valence-corrected chi connectivity index (χ4v) is 3.72. The van der Waals surface area contributed by atoms with Crippen LogP contribution < -0.4 is 4.74 Å². The second kappa shape index (κ2) is 8.99. The Hall–Kier alpha value is -3.41.